The van der Waals surface area contributed by atoms with Crippen LogP contribution in [0.5, 0.6) is 0 Å². The fraction of sp³-hybridized carbons (Fsp3) is 0.333. The van der Waals surface area contributed by atoms with Gasteiger partial charge in [-0.25, -0.2) is 0 Å². The van der Waals surface area contributed by atoms with Crippen molar-refractivity contribution < 1.29 is 18.0 Å². The molecule has 2 atom stereocenters. The average Bonchev–Trinajstić information content (AvgIpc) is 3.16. The van der Waals surface area contributed by atoms with Crippen molar-refractivity contribution in [2.24, 2.45) is 0 Å². The largest absolute Gasteiger partial charge is 0.417 e. The Morgan fingerprint density at radius 2 is 1.91 bits per heavy atom. The summed E-state index contributed by atoms with van der Waals surface area (Å²) in [6.07, 6.45) is -0.912. The van der Waals surface area contributed by atoms with Crippen LogP contribution in [0.1, 0.15) is 47.1 Å². The topological polar surface area (TPSA) is 63.9 Å². The number of rotatable bonds is 2. The van der Waals surface area contributed by atoms with Crippen LogP contribution < -0.4 is 0 Å². The lowest BCUT2D eigenvalue weighted by Crippen LogP contribution is -2.52. The van der Waals surface area contributed by atoms with Crippen LogP contribution >= 0.6 is 23.2 Å². The molecule has 0 aliphatic carbocycles. The third-order valence-corrected chi connectivity index (χ3v) is 6.57. The molecule has 0 radical (unpaired) electrons. The summed E-state index contributed by atoms with van der Waals surface area (Å²) < 4.78 is 41.9. The van der Waals surface area contributed by atoms with Crippen molar-refractivity contribution >= 4 is 29.1 Å². The Kier molecular flexibility index (Phi) is 5.13. The first-order valence-electron chi connectivity index (χ1n) is 9.99. The molecule has 6 nitrogen and oxygen atoms in total. The van der Waals surface area contributed by atoms with Crippen LogP contribution in [-0.2, 0) is 12.7 Å². The molecule has 2 aromatic heterocycles. The predicted octanol–water partition coefficient (Wildman–Crippen LogP) is 5.42. The van der Waals surface area contributed by atoms with Crippen molar-refractivity contribution in [1.29, 1.82) is 0 Å². The molecule has 11 heteroatoms. The number of piperidine rings is 1. The van der Waals surface area contributed by atoms with Gasteiger partial charge in [0.25, 0.3) is 5.91 Å². The smallest absolute Gasteiger partial charge is 0.324 e. The summed E-state index contributed by atoms with van der Waals surface area (Å²) in [6.45, 7) is 0.417. The van der Waals surface area contributed by atoms with Gasteiger partial charge < -0.3 is 9.47 Å². The summed E-state index contributed by atoms with van der Waals surface area (Å²) in [6, 6.07) is 6.23. The maximum atomic E-state index is 13.4. The second kappa shape index (κ2) is 7.74. The SMILES string of the molecule is O=C(c1cccc(C(F)(F)F)c1Cl)N1[C@H]2CCC[C@@H]1c1nnc(-c3ccc(Cl)cn3)n1C2. The van der Waals surface area contributed by atoms with Crippen molar-refractivity contribution in [2.75, 3.05) is 0 Å². The molecule has 1 aromatic carbocycles. The summed E-state index contributed by atoms with van der Waals surface area (Å²) in [5, 5.41) is 8.51. The van der Waals surface area contributed by atoms with Gasteiger partial charge in [0.05, 0.1) is 33.3 Å². The monoisotopic (exact) mass is 481 g/mol. The Hall–Kier alpha value is -2.65. The van der Waals surface area contributed by atoms with E-state index in [0.717, 1.165) is 12.5 Å². The Morgan fingerprint density at radius 3 is 2.62 bits per heavy atom. The molecule has 0 saturated carbocycles. The maximum absolute atomic E-state index is 13.4. The predicted molar refractivity (Wildman–Crippen MR) is 111 cm³/mol. The number of aromatic nitrogens is 4. The first-order chi connectivity index (χ1) is 15.3. The van der Waals surface area contributed by atoms with Crippen LogP contribution in [0.3, 0.4) is 0 Å². The zero-order valence-corrected chi connectivity index (χ0v) is 18.0. The highest BCUT2D eigenvalue weighted by molar-refractivity contribution is 6.34. The molecule has 3 aromatic rings. The van der Waals surface area contributed by atoms with Crippen molar-refractivity contribution in [2.45, 2.75) is 44.1 Å². The quantitative estimate of drug-likeness (QED) is 0.490. The van der Waals surface area contributed by atoms with Crippen molar-refractivity contribution in [1.82, 2.24) is 24.6 Å². The second-order valence-corrected chi connectivity index (χ2v) is 8.65. The summed E-state index contributed by atoms with van der Waals surface area (Å²) in [5.74, 6) is 0.623. The van der Waals surface area contributed by atoms with Gasteiger partial charge in [-0.15, -0.1) is 10.2 Å². The number of fused-ring (bicyclic) bond motifs is 4. The molecule has 2 bridgehead atoms. The van der Waals surface area contributed by atoms with Crippen LogP contribution in [-0.4, -0.2) is 36.6 Å². The molecule has 166 valence electrons. The van der Waals surface area contributed by atoms with Crippen LogP contribution in [0.25, 0.3) is 11.5 Å². The van der Waals surface area contributed by atoms with Gasteiger partial charge in [0, 0.05) is 12.7 Å². The summed E-state index contributed by atoms with van der Waals surface area (Å²) >= 11 is 12.0. The minimum Gasteiger partial charge on any atom is -0.324 e. The lowest BCUT2D eigenvalue weighted by molar-refractivity contribution is -0.137. The molecular weight excluding hydrogens is 466 g/mol. The van der Waals surface area contributed by atoms with E-state index in [1.54, 1.807) is 17.0 Å². The number of carbonyl (C=O) groups is 1. The number of amides is 1. The first-order valence-corrected chi connectivity index (χ1v) is 10.7. The number of pyridine rings is 1. The van der Waals surface area contributed by atoms with E-state index in [9.17, 15) is 18.0 Å². The number of hydrogen-bond acceptors (Lipinski definition) is 4. The highest BCUT2D eigenvalue weighted by atomic mass is 35.5. The second-order valence-electron chi connectivity index (χ2n) is 7.83. The molecule has 0 unspecified atom stereocenters. The average molecular weight is 482 g/mol. The Labute approximate surface area is 191 Å². The van der Waals surface area contributed by atoms with Crippen LogP contribution in [0.15, 0.2) is 36.5 Å². The molecule has 32 heavy (non-hydrogen) atoms. The minimum atomic E-state index is -4.65. The van der Waals surface area contributed by atoms with E-state index < -0.39 is 28.7 Å². The molecular formula is C21H16Cl2F3N5O. The van der Waals surface area contributed by atoms with Gasteiger partial charge in [0.15, 0.2) is 11.6 Å². The van der Waals surface area contributed by atoms with Gasteiger partial charge in [-0.3, -0.25) is 9.78 Å². The van der Waals surface area contributed by atoms with Gasteiger partial charge in [-0.05, 0) is 43.5 Å². The van der Waals surface area contributed by atoms with Crippen LogP contribution in [0.4, 0.5) is 13.2 Å². The first kappa shape index (κ1) is 21.2. The molecule has 0 N–H and O–H groups in total. The van der Waals surface area contributed by atoms with E-state index in [4.69, 9.17) is 23.2 Å². The van der Waals surface area contributed by atoms with Crippen molar-refractivity contribution in [3.8, 4) is 11.5 Å². The zero-order chi connectivity index (χ0) is 22.6. The van der Waals surface area contributed by atoms with E-state index in [0.29, 0.717) is 41.8 Å². The van der Waals surface area contributed by atoms with Crippen molar-refractivity contribution in [3.63, 3.8) is 0 Å². The summed E-state index contributed by atoms with van der Waals surface area (Å²) in [4.78, 5) is 19.4. The lowest BCUT2D eigenvalue weighted by Gasteiger charge is -2.45. The van der Waals surface area contributed by atoms with E-state index in [1.165, 1.54) is 18.3 Å². The number of alkyl halides is 3. The third-order valence-electron chi connectivity index (χ3n) is 5.94. The van der Waals surface area contributed by atoms with Gasteiger partial charge in [-0.2, -0.15) is 13.2 Å². The Morgan fingerprint density at radius 1 is 1.09 bits per heavy atom. The van der Waals surface area contributed by atoms with Gasteiger partial charge >= 0.3 is 6.18 Å². The zero-order valence-electron chi connectivity index (χ0n) is 16.5. The van der Waals surface area contributed by atoms with Gasteiger partial charge in [0.1, 0.15) is 5.69 Å². The fourth-order valence-electron chi connectivity index (χ4n) is 4.52. The molecule has 2 aliphatic rings. The van der Waals surface area contributed by atoms with E-state index in [1.807, 2.05) is 4.57 Å². The van der Waals surface area contributed by atoms with E-state index in [-0.39, 0.29) is 11.6 Å². The molecule has 5 rings (SSSR count). The third kappa shape index (κ3) is 3.44. The van der Waals surface area contributed by atoms with Crippen LogP contribution in [0.2, 0.25) is 10.0 Å². The molecule has 2 aliphatic heterocycles. The number of halogens is 5. The number of benzene rings is 1. The highest BCUT2D eigenvalue weighted by Gasteiger charge is 2.44. The maximum Gasteiger partial charge on any atom is 0.417 e. The number of hydrogen-bond donors (Lipinski definition) is 0. The molecule has 1 amide bonds. The van der Waals surface area contributed by atoms with E-state index in [2.05, 4.69) is 15.2 Å². The highest BCUT2D eigenvalue weighted by Crippen LogP contribution is 2.42. The van der Waals surface area contributed by atoms with Gasteiger partial charge in [-0.1, -0.05) is 29.3 Å². The van der Waals surface area contributed by atoms with Crippen molar-refractivity contribution in [3.05, 3.63) is 63.5 Å². The normalized spacial score (nSPS) is 20.2. The Bertz CT molecular complexity index is 1200. The van der Waals surface area contributed by atoms with Gasteiger partial charge in [0.2, 0.25) is 0 Å². The molecule has 1 fully saturated rings. The molecule has 0 spiro atoms. The number of carbonyl (C=O) groups excluding carboxylic acids is 1. The number of nitrogens with zero attached hydrogens (tertiary/aromatic N) is 5. The molecule has 4 heterocycles. The minimum absolute atomic E-state index is 0.161. The summed E-state index contributed by atoms with van der Waals surface area (Å²) in [7, 11) is 0. The lowest BCUT2D eigenvalue weighted by atomic mass is 9.90. The summed E-state index contributed by atoms with van der Waals surface area (Å²) in [5.41, 5.74) is -0.579. The standard InChI is InChI=1S/C21H16Cl2F3N5O/c22-11-7-8-15(27-9-11)18-28-29-19-16-6-1-3-12(10-30(18)19)31(16)20(32)13-4-2-5-14(17(13)23)21(24,25)26/h2,4-5,7-9,12,16H,1,3,6,10H2/t12-,16+/m0/s1. The fourth-order valence-corrected chi connectivity index (χ4v) is 4.95. The Balaban J connectivity index is 1.54. The molecule has 1 saturated heterocycles. The van der Waals surface area contributed by atoms with Crippen LogP contribution in [0, 0.1) is 0 Å². The van der Waals surface area contributed by atoms with E-state index >= 15 is 0 Å².